The van der Waals surface area contributed by atoms with E-state index in [9.17, 15) is 13.9 Å². The van der Waals surface area contributed by atoms with Crippen LogP contribution in [-0.4, -0.2) is 48.0 Å². The van der Waals surface area contributed by atoms with E-state index < -0.39 is 50.3 Å². The van der Waals surface area contributed by atoms with Crippen LogP contribution in [0.15, 0.2) is 0 Å². The van der Waals surface area contributed by atoms with E-state index in [-0.39, 0.29) is 12.2 Å². The van der Waals surface area contributed by atoms with Crippen molar-refractivity contribution in [3.63, 3.8) is 0 Å². The Balaban J connectivity index is 6.11. The average Bonchev–Trinajstić information content (AvgIpc) is 2.47. The first-order chi connectivity index (χ1) is 12.8. The molecule has 0 fully saturated rings. The molecule has 0 atom stereocenters. The second-order valence-electron chi connectivity index (χ2n) is 7.22. The van der Waals surface area contributed by atoms with Crippen molar-refractivity contribution in [1.29, 1.82) is 0 Å². The van der Waals surface area contributed by atoms with Crippen molar-refractivity contribution in [3.8, 4) is 0 Å². The van der Waals surface area contributed by atoms with E-state index in [2.05, 4.69) is 4.74 Å². The molecule has 0 bridgehead atoms. The lowest BCUT2D eigenvalue weighted by Crippen LogP contribution is -2.22. The maximum atomic E-state index is 13.8. The Morgan fingerprint density at radius 1 is 0.750 bits per heavy atom. The zero-order valence-corrected chi connectivity index (χ0v) is 21.0. The summed E-state index contributed by atoms with van der Waals surface area (Å²) in [5, 5.41) is 0. The van der Waals surface area contributed by atoms with Crippen LogP contribution in [0.4, 0.5) is 0 Å². The minimum atomic E-state index is -3.95. The molecule has 0 saturated heterocycles. The fraction of sp³-hybridized carbons (Fsp3) is 0.941. The normalized spacial score (nSPS) is 13.4. The number of hydrogen-bond acceptors (Lipinski definition) is 9. The third kappa shape index (κ3) is 10.2. The number of thioether (sulfide) groups is 1. The molecule has 0 spiro atoms. The van der Waals surface area contributed by atoms with Crippen molar-refractivity contribution in [2.75, 3.05) is 12.9 Å². The molecule has 0 aromatic carbocycles. The lowest BCUT2D eigenvalue weighted by molar-refractivity contribution is -0.140. The SMILES string of the molecule is COC(=O)CCSC(P(=O)(OC(C)C)OC(C)C)P(=O)(OC(C)C)OC(C)C. The molecule has 0 N–H and O–H groups in total. The summed E-state index contributed by atoms with van der Waals surface area (Å²) in [6.07, 6.45) is -1.73. The van der Waals surface area contributed by atoms with Crippen LogP contribution in [0.3, 0.4) is 0 Å². The predicted molar refractivity (Wildman–Crippen MR) is 113 cm³/mol. The lowest BCUT2D eigenvalue weighted by Gasteiger charge is -2.34. The van der Waals surface area contributed by atoms with E-state index in [1.165, 1.54) is 7.11 Å². The topological polar surface area (TPSA) is 97.4 Å². The largest absolute Gasteiger partial charge is 0.469 e. The van der Waals surface area contributed by atoms with Crippen LogP contribution in [0.25, 0.3) is 0 Å². The standard InChI is InChI=1S/C17H36O8P2S/c1-12(2)22-26(19,23-13(3)4)17(28-11-10-16(18)21-9)27(20,24-14(5)6)25-15(7)8/h12-15,17H,10-11H2,1-9H3. The number of hydrogen-bond donors (Lipinski definition) is 0. The Labute approximate surface area is 173 Å². The van der Waals surface area contributed by atoms with Crippen LogP contribution >= 0.6 is 27.0 Å². The minimum Gasteiger partial charge on any atom is -0.469 e. The van der Waals surface area contributed by atoms with Crippen LogP contribution in [-0.2, 0) is 36.8 Å². The Kier molecular flexibility index (Phi) is 12.8. The molecule has 0 aliphatic rings. The van der Waals surface area contributed by atoms with E-state index in [0.717, 1.165) is 11.8 Å². The van der Waals surface area contributed by atoms with Gasteiger partial charge in [-0.2, -0.15) is 0 Å². The quantitative estimate of drug-likeness (QED) is 0.239. The van der Waals surface area contributed by atoms with Crippen LogP contribution < -0.4 is 0 Å². The van der Waals surface area contributed by atoms with Crippen molar-refractivity contribution in [3.05, 3.63) is 0 Å². The lowest BCUT2D eigenvalue weighted by atomic mass is 10.5. The number of carbonyl (C=O) groups excluding carboxylic acids is 1. The third-order valence-corrected chi connectivity index (χ3v) is 11.6. The molecule has 0 aromatic heterocycles. The van der Waals surface area contributed by atoms with Crippen molar-refractivity contribution in [2.45, 2.75) is 91.0 Å². The molecular weight excluding hydrogens is 426 g/mol. The zero-order valence-electron chi connectivity index (χ0n) is 18.4. The van der Waals surface area contributed by atoms with Crippen LogP contribution in [0.2, 0.25) is 0 Å². The van der Waals surface area contributed by atoms with Gasteiger partial charge in [-0.05, 0) is 55.4 Å². The van der Waals surface area contributed by atoms with Crippen LogP contribution in [0.5, 0.6) is 0 Å². The highest BCUT2D eigenvalue weighted by molar-refractivity contribution is 8.12. The third-order valence-electron chi connectivity index (χ3n) is 2.77. The fourth-order valence-corrected chi connectivity index (χ4v) is 10.2. The number of ether oxygens (including phenoxy) is 1. The number of esters is 1. The van der Waals surface area contributed by atoms with Gasteiger partial charge < -0.3 is 22.8 Å². The molecule has 0 amide bonds. The fourth-order valence-electron chi connectivity index (χ4n) is 2.14. The number of carbonyl (C=O) groups is 1. The van der Waals surface area contributed by atoms with Gasteiger partial charge in [0.1, 0.15) is 0 Å². The van der Waals surface area contributed by atoms with Gasteiger partial charge in [-0.25, -0.2) is 0 Å². The monoisotopic (exact) mass is 462 g/mol. The molecular formula is C17H36O8P2S. The summed E-state index contributed by atoms with van der Waals surface area (Å²) in [5.41, 5.74) is 0. The summed E-state index contributed by atoms with van der Waals surface area (Å²) < 4.78 is 53.6. The van der Waals surface area contributed by atoms with Gasteiger partial charge in [0.25, 0.3) is 0 Å². The van der Waals surface area contributed by atoms with Crippen molar-refractivity contribution < 1.29 is 36.8 Å². The average molecular weight is 462 g/mol. The van der Waals surface area contributed by atoms with E-state index in [4.69, 9.17) is 18.1 Å². The van der Waals surface area contributed by atoms with Gasteiger partial charge in [-0.1, -0.05) is 0 Å². The van der Waals surface area contributed by atoms with Gasteiger partial charge in [0.15, 0.2) is 0 Å². The molecule has 0 aliphatic carbocycles. The van der Waals surface area contributed by atoms with Crippen LogP contribution in [0.1, 0.15) is 61.8 Å². The molecule has 0 unspecified atom stereocenters. The molecule has 168 valence electrons. The molecule has 0 aromatic rings. The van der Waals surface area contributed by atoms with Crippen molar-refractivity contribution in [2.24, 2.45) is 0 Å². The summed E-state index contributed by atoms with van der Waals surface area (Å²) in [5.74, 6) is -0.239. The maximum absolute atomic E-state index is 13.8. The highest BCUT2D eigenvalue weighted by Gasteiger charge is 2.53. The first kappa shape index (κ1) is 28.1. The predicted octanol–water partition coefficient (Wildman–Crippen LogP) is 5.65. The summed E-state index contributed by atoms with van der Waals surface area (Å²) in [6, 6.07) is 0. The molecule has 0 heterocycles. The first-order valence-electron chi connectivity index (χ1n) is 9.37. The Morgan fingerprint density at radius 3 is 1.32 bits per heavy atom. The Morgan fingerprint density at radius 2 is 1.07 bits per heavy atom. The van der Waals surface area contributed by atoms with Gasteiger partial charge in [0.05, 0.1) is 37.9 Å². The second-order valence-corrected chi connectivity index (χ2v) is 13.6. The van der Waals surface area contributed by atoms with Crippen molar-refractivity contribution in [1.82, 2.24) is 0 Å². The molecule has 28 heavy (non-hydrogen) atoms. The molecule has 0 radical (unpaired) electrons. The van der Waals surface area contributed by atoms with Gasteiger partial charge in [0.2, 0.25) is 4.73 Å². The Bertz CT molecular complexity index is 499. The second kappa shape index (κ2) is 12.7. The van der Waals surface area contributed by atoms with E-state index >= 15 is 0 Å². The first-order valence-corrected chi connectivity index (χ1v) is 13.6. The summed E-state index contributed by atoms with van der Waals surface area (Å²) >= 11 is 1.02. The molecule has 8 nitrogen and oxygen atoms in total. The molecule has 0 rings (SSSR count). The van der Waals surface area contributed by atoms with Crippen LogP contribution in [0, 0.1) is 0 Å². The molecule has 0 saturated carbocycles. The summed E-state index contributed by atoms with van der Waals surface area (Å²) in [6.45, 7) is 13.7. The van der Waals surface area contributed by atoms with Crippen molar-refractivity contribution >= 4 is 32.9 Å². The number of methoxy groups -OCH3 is 1. The van der Waals surface area contributed by atoms with Gasteiger partial charge in [-0.15, -0.1) is 11.8 Å². The van der Waals surface area contributed by atoms with Gasteiger partial charge in [0, 0.05) is 5.75 Å². The summed E-state index contributed by atoms with van der Waals surface area (Å²) in [7, 11) is -6.61. The maximum Gasteiger partial charge on any atom is 0.356 e. The Hall–Kier alpha value is 0.120. The highest BCUT2D eigenvalue weighted by Crippen LogP contribution is 2.75. The molecule has 0 aliphatic heterocycles. The minimum absolute atomic E-state index is 0.0460. The van der Waals surface area contributed by atoms with E-state index in [1.807, 2.05) is 0 Å². The zero-order chi connectivity index (χ0) is 22.1. The highest BCUT2D eigenvalue weighted by atomic mass is 32.2. The summed E-state index contributed by atoms with van der Waals surface area (Å²) in [4.78, 5) is 11.5. The van der Waals surface area contributed by atoms with E-state index in [1.54, 1.807) is 55.4 Å². The molecule has 11 heteroatoms. The van der Waals surface area contributed by atoms with E-state index in [0.29, 0.717) is 0 Å². The number of rotatable bonds is 14. The van der Waals surface area contributed by atoms with Gasteiger partial charge in [-0.3, -0.25) is 13.9 Å². The smallest absolute Gasteiger partial charge is 0.356 e. The van der Waals surface area contributed by atoms with Gasteiger partial charge >= 0.3 is 21.2 Å².